The number of nitrogens with one attached hydrogen (secondary N) is 1. The minimum absolute atomic E-state index is 0.118. The Labute approximate surface area is 107 Å². The molecule has 0 spiro atoms. The fourth-order valence-corrected chi connectivity index (χ4v) is 1.36. The van der Waals surface area contributed by atoms with Crippen LogP contribution in [0.2, 0.25) is 0 Å². The van der Waals surface area contributed by atoms with E-state index < -0.39 is 0 Å². The van der Waals surface area contributed by atoms with E-state index >= 15 is 0 Å². The second-order valence-electron chi connectivity index (χ2n) is 3.83. The van der Waals surface area contributed by atoms with E-state index in [4.69, 9.17) is 4.74 Å². The highest BCUT2D eigenvalue weighted by Crippen LogP contribution is 2.18. The highest BCUT2D eigenvalue weighted by Gasteiger charge is 2.02. The fraction of sp³-hybridized carbons (Fsp3) is 0.357. The summed E-state index contributed by atoms with van der Waals surface area (Å²) in [6, 6.07) is 4.50. The number of carbonyl (C=O) groups is 1. The Kier molecular flexibility index (Phi) is 6.08. The molecule has 0 radical (unpaired) electrons. The topological polar surface area (TPSA) is 38.3 Å². The summed E-state index contributed by atoms with van der Waals surface area (Å²) in [5.41, 5.74) is 0.353. The van der Waals surface area contributed by atoms with Crippen LogP contribution in [0.4, 0.5) is 4.39 Å². The first kappa shape index (κ1) is 14.4. The molecule has 0 saturated heterocycles. The number of likely N-dealkylation sites (N-methyl/N-ethyl adjacent to an activating group) is 1. The van der Waals surface area contributed by atoms with Crippen LogP contribution in [-0.2, 0) is 4.79 Å². The van der Waals surface area contributed by atoms with Gasteiger partial charge >= 0.3 is 0 Å². The Morgan fingerprint density at radius 3 is 2.94 bits per heavy atom. The van der Waals surface area contributed by atoms with Crippen molar-refractivity contribution in [2.75, 3.05) is 19.7 Å². The van der Waals surface area contributed by atoms with Crippen LogP contribution in [0, 0.1) is 5.82 Å². The van der Waals surface area contributed by atoms with Crippen molar-refractivity contribution in [1.29, 1.82) is 0 Å². The van der Waals surface area contributed by atoms with Gasteiger partial charge in [-0.1, -0.05) is 6.92 Å². The number of ether oxygens (including phenoxy) is 1. The number of ketones is 1. The molecule has 0 aromatic heterocycles. The lowest BCUT2D eigenvalue weighted by atomic mass is 10.1. The number of benzene rings is 1. The first-order valence-electron chi connectivity index (χ1n) is 5.95. The highest BCUT2D eigenvalue weighted by molar-refractivity contribution is 5.91. The minimum atomic E-state index is -0.369. The summed E-state index contributed by atoms with van der Waals surface area (Å²) in [7, 11) is 0. The third-order valence-electron chi connectivity index (χ3n) is 2.26. The molecule has 1 aromatic rings. The van der Waals surface area contributed by atoms with Gasteiger partial charge in [0.1, 0.15) is 18.2 Å². The van der Waals surface area contributed by atoms with Crippen LogP contribution in [0.25, 0.3) is 6.08 Å². The summed E-state index contributed by atoms with van der Waals surface area (Å²) >= 11 is 0. The molecule has 0 fully saturated rings. The summed E-state index contributed by atoms with van der Waals surface area (Å²) in [5, 5.41) is 3.13. The lowest BCUT2D eigenvalue weighted by Crippen LogP contribution is -2.20. The summed E-state index contributed by atoms with van der Waals surface area (Å²) in [6.45, 7) is 5.59. The molecule has 0 heterocycles. The van der Waals surface area contributed by atoms with E-state index in [2.05, 4.69) is 5.32 Å². The number of allylic oxidation sites excluding steroid dienone is 1. The first-order valence-corrected chi connectivity index (χ1v) is 5.95. The van der Waals surface area contributed by atoms with Crippen molar-refractivity contribution in [1.82, 2.24) is 5.32 Å². The van der Waals surface area contributed by atoms with Crippen LogP contribution in [0.3, 0.4) is 0 Å². The third-order valence-corrected chi connectivity index (χ3v) is 2.26. The van der Waals surface area contributed by atoms with Crippen molar-refractivity contribution in [2.24, 2.45) is 0 Å². The predicted molar refractivity (Wildman–Crippen MR) is 70.2 cm³/mol. The van der Waals surface area contributed by atoms with Crippen LogP contribution in [0.5, 0.6) is 5.75 Å². The lowest BCUT2D eigenvalue weighted by Gasteiger charge is -2.07. The van der Waals surface area contributed by atoms with Gasteiger partial charge in [-0.15, -0.1) is 0 Å². The van der Waals surface area contributed by atoms with E-state index in [0.717, 1.165) is 13.1 Å². The van der Waals surface area contributed by atoms with Crippen LogP contribution >= 0.6 is 0 Å². The molecule has 0 aliphatic rings. The average Bonchev–Trinajstić information content (AvgIpc) is 2.34. The monoisotopic (exact) mass is 251 g/mol. The fourth-order valence-electron chi connectivity index (χ4n) is 1.36. The van der Waals surface area contributed by atoms with Gasteiger partial charge in [0, 0.05) is 12.1 Å². The van der Waals surface area contributed by atoms with E-state index in [9.17, 15) is 9.18 Å². The van der Waals surface area contributed by atoms with Crippen molar-refractivity contribution < 1.29 is 13.9 Å². The summed E-state index contributed by atoms with van der Waals surface area (Å²) < 4.78 is 18.9. The summed E-state index contributed by atoms with van der Waals surface area (Å²) in [6.07, 6.45) is 2.79. The largest absolute Gasteiger partial charge is 0.492 e. The maximum Gasteiger partial charge on any atom is 0.152 e. The highest BCUT2D eigenvalue weighted by atomic mass is 19.1. The van der Waals surface area contributed by atoms with Gasteiger partial charge in [-0.2, -0.15) is 0 Å². The van der Waals surface area contributed by atoms with Crippen LogP contribution in [0.1, 0.15) is 19.4 Å². The first-order chi connectivity index (χ1) is 8.63. The Balaban J connectivity index is 2.65. The zero-order valence-corrected chi connectivity index (χ0v) is 10.7. The Bertz CT molecular complexity index is 430. The molecule has 0 aliphatic heterocycles. The molecule has 0 saturated carbocycles. The van der Waals surface area contributed by atoms with E-state index in [1.54, 1.807) is 12.1 Å². The Morgan fingerprint density at radius 1 is 1.50 bits per heavy atom. The second-order valence-corrected chi connectivity index (χ2v) is 3.83. The number of halogens is 1. The standard InChI is InChI=1S/C14H18FNO2/c1-3-16-8-9-18-13-6-7-14(15)12(10-13)5-4-11(2)17/h4-7,10,16H,3,8-9H2,1-2H3/b5-4+. The number of hydrogen-bond donors (Lipinski definition) is 1. The van der Waals surface area contributed by atoms with Gasteiger partial charge < -0.3 is 10.1 Å². The number of rotatable bonds is 7. The lowest BCUT2D eigenvalue weighted by molar-refractivity contribution is -0.112. The Morgan fingerprint density at radius 2 is 2.28 bits per heavy atom. The van der Waals surface area contributed by atoms with Crippen molar-refractivity contribution >= 4 is 11.9 Å². The summed E-state index contributed by atoms with van der Waals surface area (Å²) in [5.74, 6) is 0.108. The maximum atomic E-state index is 13.4. The van der Waals surface area contributed by atoms with E-state index in [1.165, 1.54) is 25.1 Å². The zero-order chi connectivity index (χ0) is 13.4. The molecular formula is C14H18FNO2. The van der Waals surface area contributed by atoms with Crippen molar-refractivity contribution in [2.45, 2.75) is 13.8 Å². The molecule has 0 atom stereocenters. The van der Waals surface area contributed by atoms with Gasteiger partial charge in [0.2, 0.25) is 0 Å². The molecule has 4 heteroatoms. The second kappa shape index (κ2) is 7.61. The number of carbonyl (C=O) groups excluding carboxylic acids is 1. The van der Waals surface area contributed by atoms with Gasteiger partial charge in [0.15, 0.2) is 5.78 Å². The van der Waals surface area contributed by atoms with Gasteiger partial charge in [-0.3, -0.25) is 4.79 Å². The SMILES string of the molecule is CCNCCOc1ccc(F)c(/C=C/C(C)=O)c1. The third kappa shape index (κ3) is 5.10. The van der Waals surface area contributed by atoms with Crippen molar-refractivity contribution in [3.8, 4) is 5.75 Å². The molecule has 18 heavy (non-hydrogen) atoms. The summed E-state index contributed by atoms with van der Waals surface area (Å²) in [4.78, 5) is 10.8. The Hall–Kier alpha value is -1.68. The predicted octanol–water partition coefficient (Wildman–Crippen LogP) is 2.42. The molecule has 1 aromatic carbocycles. The van der Waals surface area contributed by atoms with E-state index in [0.29, 0.717) is 17.9 Å². The van der Waals surface area contributed by atoms with Gasteiger partial charge in [0.25, 0.3) is 0 Å². The van der Waals surface area contributed by atoms with E-state index in [1.807, 2.05) is 6.92 Å². The van der Waals surface area contributed by atoms with Gasteiger partial charge in [0.05, 0.1) is 0 Å². The molecule has 98 valence electrons. The van der Waals surface area contributed by atoms with Crippen LogP contribution in [0.15, 0.2) is 24.3 Å². The molecule has 0 amide bonds. The molecule has 3 nitrogen and oxygen atoms in total. The molecular weight excluding hydrogens is 233 g/mol. The molecule has 0 unspecified atom stereocenters. The quantitative estimate of drug-likeness (QED) is 0.597. The molecule has 0 aliphatic carbocycles. The van der Waals surface area contributed by atoms with Gasteiger partial charge in [-0.05, 0) is 43.8 Å². The minimum Gasteiger partial charge on any atom is -0.492 e. The smallest absolute Gasteiger partial charge is 0.152 e. The number of hydrogen-bond acceptors (Lipinski definition) is 3. The molecule has 1 N–H and O–H groups in total. The average molecular weight is 251 g/mol. The van der Waals surface area contributed by atoms with E-state index in [-0.39, 0.29) is 11.6 Å². The van der Waals surface area contributed by atoms with Gasteiger partial charge in [-0.25, -0.2) is 4.39 Å². The van der Waals surface area contributed by atoms with Crippen LogP contribution < -0.4 is 10.1 Å². The maximum absolute atomic E-state index is 13.4. The normalized spacial score (nSPS) is 10.8. The molecule has 1 rings (SSSR count). The zero-order valence-electron chi connectivity index (χ0n) is 10.7. The van der Waals surface area contributed by atoms with Crippen molar-refractivity contribution in [3.05, 3.63) is 35.7 Å². The van der Waals surface area contributed by atoms with Crippen LogP contribution in [-0.4, -0.2) is 25.5 Å². The van der Waals surface area contributed by atoms with Crippen molar-refractivity contribution in [3.63, 3.8) is 0 Å². The molecule has 0 bridgehead atoms.